The van der Waals surface area contributed by atoms with Gasteiger partial charge in [0.25, 0.3) is 0 Å². The first-order valence-corrected chi connectivity index (χ1v) is 8.30. The van der Waals surface area contributed by atoms with E-state index in [1.54, 1.807) is 4.90 Å². The van der Waals surface area contributed by atoms with Gasteiger partial charge in [-0.1, -0.05) is 35.0 Å². The lowest BCUT2D eigenvalue weighted by Gasteiger charge is -2.23. The Labute approximate surface area is 144 Å². The number of allylic oxidation sites excluding steroid dienone is 1. The molecule has 126 valence electrons. The van der Waals surface area contributed by atoms with Crippen molar-refractivity contribution >= 4 is 33.5 Å². The number of carbonyl (C=O) groups excluding carboxylic acids is 1. The van der Waals surface area contributed by atoms with E-state index in [0.717, 1.165) is 16.6 Å². The van der Waals surface area contributed by atoms with E-state index in [2.05, 4.69) is 22.5 Å². The second kappa shape index (κ2) is 10.2. The highest BCUT2D eigenvalue weighted by molar-refractivity contribution is 9.10. The number of nitrogens with zero attached hydrogens (tertiary/aromatic N) is 1. The Hall–Kier alpha value is -1.69. The van der Waals surface area contributed by atoms with Crippen LogP contribution in [0.1, 0.15) is 38.5 Å². The van der Waals surface area contributed by atoms with Crippen LogP contribution in [-0.2, 0) is 9.59 Å². The van der Waals surface area contributed by atoms with E-state index in [9.17, 15) is 14.0 Å². The molecule has 1 N–H and O–H groups in total. The maximum atomic E-state index is 12.8. The molecular formula is C17H21BrFNO3. The van der Waals surface area contributed by atoms with E-state index in [4.69, 9.17) is 5.11 Å². The molecule has 0 saturated carbocycles. The molecule has 0 spiro atoms. The summed E-state index contributed by atoms with van der Waals surface area (Å²) in [4.78, 5) is 24.5. The molecule has 23 heavy (non-hydrogen) atoms. The fourth-order valence-electron chi connectivity index (χ4n) is 2.14. The molecule has 0 fully saturated rings. The minimum Gasteiger partial charge on any atom is -0.481 e. The third-order valence-corrected chi connectivity index (χ3v) is 3.80. The van der Waals surface area contributed by atoms with Crippen molar-refractivity contribution in [3.63, 3.8) is 0 Å². The fraction of sp³-hybridized carbons (Fsp3) is 0.412. The van der Waals surface area contributed by atoms with Crippen molar-refractivity contribution in [2.75, 3.05) is 11.4 Å². The molecular weight excluding hydrogens is 365 g/mol. The van der Waals surface area contributed by atoms with Crippen LogP contribution >= 0.6 is 15.9 Å². The highest BCUT2D eigenvalue weighted by Gasteiger charge is 2.16. The molecule has 0 aliphatic carbocycles. The van der Waals surface area contributed by atoms with Gasteiger partial charge in [-0.2, -0.15) is 0 Å². The first-order valence-electron chi connectivity index (χ1n) is 7.51. The summed E-state index contributed by atoms with van der Waals surface area (Å²) < 4.78 is 13.6. The lowest BCUT2D eigenvalue weighted by atomic mass is 10.1. The molecule has 0 heterocycles. The maximum Gasteiger partial charge on any atom is 0.303 e. The van der Waals surface area contributed by atoms with Gasteiger partial charge >= 0.3 is 5.97 Å². The molecule has 1 rings (SSSR count). The summed E-state index contributed by atoms with van der Waals surface area (Å²) in [5.74, 6) is -1.49. The molecule has 0 atom stereocenters. The van der Waals surface area contributed by atoms with Gasteiger partial charge in [-0.05, 0) is 31.0 Å². The topological polar surface area (TPSA) is 57.6 Å². The highest BCUT2D eigenvalue weighted by Crippen LogP contribution is 2.22. The van der Waals surface area contributed by atoms with Crippen LogP contribution in [0.3, 0.4) is 0 Å². The molecule has 0 aliphatic heterocycles. The van der Waals surface area contributed by atoms with Crippen molar-refractivity contribution in [3.8, 4) is 0 Å². The lowest BCUT2D eigenvalue weighted by molar-refractivity contribution is -0.137. The number of carboxylic acids is 1. The van der Waals surface area contributed by atoms with E-state index in [0.29, 0.717) is 19.4 Å². The molecule has 1 aromatic carbocycles. The van der Waals surface area contributed by atoms with E-state index in [-0.39, 0.29) is 25.2 Å². The summed E-state index contributed by atoms with van der Waals surface area (Å²) in [6.45, 7) is 3.66. The zero-order valence-electron chi connectivity index (χ0n) is 12.9. The largest absolute Gasteiger partial charge is 0.481 e. The number of unbranched alkanes of at least 4 members (excludes halogenated alkanes) is 2. The third kappa shape index (κ3) is 7.93. The van der Waals surface area contributed by atoms with Gasteiger partial charge in [0.2, 0.25) is 5.91 Å². The Kier molecular flexibility index (Phi) is 8.55. The quantitative estimate of drug-likeness (QED) is 0.594. The summed E-state index contributed by atoms with van der Waals surface area (Å²) in [5.41, 5.74) is 0.743. The van der Waals surface area contributed by atoms with Crippen LogP contribution in [0.25, 0.3) is 0 Å². The standard InChI is InChI=1S/C17H21BrFNO3/c1-13(19)9-10-16(21)20(11-4-2-3-8-17(22)23)15-7-5-6-14(18)12-15/h5-7,12H,1-4,8-11H2,(H,22,23). The molecule has 0 aromatic heterocycles. The van der Waals surface area contributed by atoms with Crippen molar-refractivity contribution in [2.24, 2.45) is 0 Å². The van der Waals surface area contributed by atoms with Gasteiger partial charge in [-0.25, -0.2) is 4.39 Å². The Bertz CT molecular complexity index is 563. The summed E-state index contributed by atoms with van der Waals surface area (Å²) >= 11 is 3.37. The number of benzene rings is 1. The van der Waals surface area contributed by atoms with E-state index in [1.165, 1.54) is 0 Å². The zero-order chi connectivity index (χ0) is 17.2. The highest BCUT2D eigenvalue weighted by atomic mass is 79.9. The van der Waals surface area contributed by atoms with E-state index < -0.39 is 11.8 Å². The Morgan fingerprint density at radius 2 is 1.91 bits per heavy atom. The Balaban J connectivity index is 2.66. The molecule has 1 aromatic rings. The third-order valence-electron chi connectivity index (χ3n) is 3.30. The van der Waals surface area contributed by atoms with Crippen LogP contribution < -0.4 is 4.90 Å². The van der Waals surface area contributed by atoms with Gasteiger partial charge < -0.3 is 10.0 Å². The number of carbonyl (C=O) groups is 2. The van der Waals surface area contributed by atoms with E-state index in [1.807, 2.05) is 24.3 Å². The minimum atomic E-state index is -0.814. The average molecular weight is 386 g/mol. The molecule has 0 radical (unpaired) electrons. The SMILES string of the molecule is C=C(F)CCC(=O)N(CCCCCC(=O)O)c1cccc(Br)c1. The minimum absolute atomic E-state index is 0.0162. The second-order valence-corrected chi connectivity index (χ2v) is 6.16. The molecule has 1 amide bonds. The first kappa shape index (κ1) is 19.4. The van der Waals surface area contributed by atoms with Gasteiger partial charge in [-0.3, -0.25) is 9.59 Å². The average Bonchev–Trinajstić information content (AvgIpc) is 2.48. The summed E-state index contributed by atoms with van der Waals surface area (Å²) in [6, 6.07) is 7.35. The van der Waals surface area contributed by atoms with Gasteiger partial charge in [0.05, 0.1) is 5.83 Å². The molecule has 6 heteroatoms. The first-order chi connectivity index (χ1) is 10.9. The van der Waals surface area contributed by atoms with Gasteiger partial charge in [0.1, 0.15) is 0 Å². The van der Waals surface area contributed by atoms with Crippen molar-refractivity contribution in [3.05, 3.63) is 41.1 Å². The van der Waals surface area contributed by atoms with Crippen LogP contribution in [-0.4, -0.2) is 23.5 Å². The van der Waals surface area contributed by atoms with Crippen molar-refractivity contribution in [2.45, 2.75) is 38.5 Å². The smallest absolute Gasteiger partial charge is 0.303 e. The zero-order valence-corrected chi connectivity index (χ0v) is 14.5. The number of aliphatic carboxylic acids is 1. The van der Waals surface area contributed by atoms with Crippen molar-refractivity contribution in [1.29, 1.82) is 0 Å². The van der Waals surface area contributed by atoms with Crippen LogP contribution in [0, 0.1) is 0 Å². The number of rotatable bonds is 10. The number of amides is 1. The fourth-order valence-corrected chi connectivity index (χ4v) is 2.53. The van der Waals surface area contributed by atoms with Gasteiger partial charge in [0.15, 0.2) is 0 Å². The van der Waals surface area contributed by atoms with Gasteiger partial charge in [-0.15, -0.1) is 0 Å². The lowest BCUT2D eigenvalue weighted by Crippen LogP contribution is -2.31. The van der Waals surface area contributed by atoms with E-state index >= 15 is 0 Å². The monoisotopic (exact) mass is 385 g/mol. The molecule has 0 aliphatic rings. The van der Waals surface area contributed by atoms with Crippen molar-refractivity contribution < 1.29 is 19.1 Å². The number of carboxylic acid groups (broad SMARTS) is 1. The Morgan fingerprint density at radius 1 is 1.17 bits per heavy atom. The summed E-state index contributed by atoms with van der Waals surface area (Å²) in [6.07, 6.45) is 2.21. The molecule has 0 bridgehead atoms. The number of hydrogen-bond donors (Lipinski definition) is 1. The molecule has 0 saturated heterocycles. The predicted molar refractivity (Wildman–Crippen MR) is 92.1 cm³/mol. The van der Waals surface area contributed by atoms with Crippen molar-refractivity contribution in [1.82, 2.24) is 0 Å². The Morgan fingerprint density at radius 3 is 2.52 bits per heavy atom. The summed E-state index contributed by atoms with van der Waals surface area (Å²) in [7, 11) is 0. The number of hydrogen-bond acceptors (Lipinski definition) is 2. The normalized spacial score (nSPS) is 10.3. The number of halogens is 2. The van der Waals surface area contributed by atoms with Crippen LogP contribution in [0.5, 0.6) is 0 Å². The molecule has 4 nitrogen and oxygen atoms in total. The van der Waals surface area contributed by atoms with Crippen LogP contribution in [0.4, 0.5) is 10.1 Å². The summed E-state index contributed by atoms with van der Waals surface area (Å²) in [5, 5.41) is 8.63. The number of anilines is 1. The predicted octanol–water partition coefficient (Wildman–Crippen LogP) is 4.69. The van der Waals surface area contributed by atoms with Crippen LogP contribution in [0.15, 0.2) is 41.1 Å². The van der Waals surface area contributed by atoms with Crippen LogP contribution in [0.2, 0.25) is 0 Å². The molecule has 0 unspecified atom stereocenters. The van der Waals surface area contributed by atoms with Gasteiger partial charge in [0, 0.05) is 36.0 Å². The maximum absolute atomic E-state index is 12.8. The second-order valence-electron chi connectivity index (χ2n) is 5.25.